The molecule has 0 bridgehead atoms. The molecule has 0 heterocycles. The first kappa shape index (κ1) is 39.8. The summed E-state index contributed by atoms with van der Waals surface area (Å²) in [4.78, 5) is 23.6. The van der Waals surface area contributed by atoms with Crippen molar-refractivity contribution in [2.24, 2.45) is 0 Å². The molecule has 0 aromatic heterocycles. The fourth-order valence-corrected chi connectivity index (χ4v) is 4.97. The lowest BCUT2D eigenvalue weighted by molar-refractivity contribution is -0.253. The van der Waals surface area contributed by atoms with Crippen LogP contribution in [0.5, 0.6) is 5.75 Å². The SMILES string of the molecule is O=C(O)CCCCCc1ccc(C[C@](NC(=O)NCC(F)(F)F)(c2cc(F)cc(OC(F)(F)C(F)F)c2)c2ccc(F)c(C(F)(F)F)c2)cc1. The molecule has 0 saturated heterocycles. The van der Waals surface area contributed by atoms with E-state index in [9.17, 15) is 62.3 Å². The molecule has 6 nitrogen and oxygen atoms in total. The van der Waals surface area contributed by atoms with Crippen LogP contribution in [0.2, 0.25) is 0 Å². The summed E-state index contributed by atoms with van der Waals surface area (Å²) in [6.07, 6.45) is -18.9. The minimum atomic E-state index is -5.38. The first-order chi connectivity index (χ1) is 23.1. The van der Waals surface area contributed by atoms with Gasteiger partial charge in [-0.2, -0.15) is 43.9 Å². The van der Waals surface area contributed by atoms with Crippen molar-refractivity contribution >= 4 is 12.0 Å². The number of aryl methyl sites for hydroxylation is 1. The minimum Gasteiger partial charge on any atom is -0.481 e. The highest BCUT2D eigenvalue weighted by Crippen LogP contribution is 2.41. The number of hydrogen-bond donors (Lipinski definition) is 3. The quantitative estimate of drug-likeness (QED) is 0.108. The van der Waals surface area contributed by atoms with E-state index in [2.05, 4.69) is 4.74 Å². The second kappa shape index (κ2) is 15.9. The van der Waals surface area contributed by atoms with Crippen LogP contribution in [0.25, 0.3) is 0 Å². The number of carboxylic acids is 1. The first-order valence-corrected chi connectivity index (χ1v) is 14.6. The van der Waals surface area contributed by atoms with Crippen LogP contribution in [-0.4, -0.2) is 42.4 Å². The maximum Gasteiger partial charge on any atom is 0.461 e. The van der Waals surface area contributed by atoms with Crippen LogP contribution in [0.15, 0.2) is 60.7 Å². The number of alkyl halides is 10. The Labute approximate surface area is 276 Å². The molecule has 3 rings (SSSR count). The second-order valence-corrected chi connectivity index (χ2v) is 11.1. The first-order valence-electron chi connectivity index (χ1n) is 14.6. The van der Waals surface area contributed by atoms with Gasteiger partial charge >= 0.3 is 36.9 Å². The molecule has 3 aromatic rings. The van der Waals surface area contributed by atoms with E-state index in [0.717, 1.165) is 0 Å². The summed E-state index contributed by atoms with van der Waals surface area (Å²) in [5, 5.41) is 12.3. The Hall–Kier alpha value is -4.64. The van der Waals surface area contributed by atoms with Crippen molar-refractivity contribution in [2.75, 3.05) is 6.54 Å². The summed E-state index contributed by atoms with van der Waals surface area (Å²) >= 11 is 0. The van der Waals surface area contributed by atoms with E-state index in [1.165, 1.54) is 29.6 Å². The highest BCUT2D eigenvalue weighted by molar-refractivity contribution is 5.76. The fourth-order valence-electron chi connectivity index (χ4n) is 4.97. The van der Waals surface area contributed by atoms with Crippen molar-refractivity contribution in [1.82, 2.24) is 10.6 Å². The molecule has 0 aliphatic carbocycles. The average Bonchev–Trinajstić information content (AvgIpc) is 2.99. The van der Waals surface area contributed by atoms with Gasteiger partial charge in [0.05, 0.1) is 11.1 Å². The summed E-state index contributed by atoms with van der Waals surface area (Å²) in [6, 6.07) is 6.42. The van der Waals surface area contributed by atoms with E-state index in [1.54, 1.807) is 0 Å². The molecule has 0 spiro atoms. The number of benzene rings is 3. The van der Waals surface area contributed by atoms with Gasteiger partial charge in [0.15, 0.2) is 0 Å². The van der Waals surface area contributed by atoms with E-state index >= 15 is 0 Å². The number of unbranched alkanes of at least 4 members (excludes halogenated alkanes) is 2. The number of carbonyl (C=O) groups is 2. The van der Waals surface area contributed by atoms with Crippen molar-refractivity contribution in [3.63, 3.8) is 0 Å². The number of amides is 2. The second-order valence-electron chi connectivity index (χ2n) is 11.1. The molecule has 3 aromatic carbocycles. The number of urea groups is 1. The zero-order valence-electron chi connectivity index (χ0n) is 25.5. The molecule has 0 aliphatic heterocycles. The lowest BCUT2D eigenvalue weighted by atomic mass is 9.77. The van der Waals surface area contributed by atoms with Crippen LogP contribution in [-0.2, 0) is 29.4 Å². The maximum absolute atomic E-state index is 15.0. The Balaban J connectivity index is 2.22. The standard InChI is InChI=1S/C32H28F12N2O4/c33-22-12-21(13-23(15-22)50-32(43,44)27(35)36)29(46-28(49)45-17-30(37,38)39,20-10-11-25(34)24(14-20)31(40,41)42)16-19-8-6-18(7-9-19)4-2-1-3-5-26(47)48/h6-15,27H,1-5,16-17H2,(H,47,48)(H2,45,46,49)/t29-/m1/s1. The zero-order chi connectivity index (χ0) is 37.5. The number of carboxylic acid groups (broad SMARTS) is 1. The number of nitrogens with one attached hydrogen (secondary N) is 2. The van der Waals surface area contributed by atoms with Crippen molar-refractivity contribution in [3.8, 4) is 5.75 Å². The van der Waals surface area contributed by atoms with Gasteiger partial charge < -0.3 is 20.5 Å². The van der Waals surface area contributed by atoms with E-state index in [-0.39, 0.29) is 24.1 Å². The molecule has 0 fully saturated rings. The van der Waals surface area contributed by atoms with Gasteiger partial charge in [0.25, 0.3) is 0 Å². The molecular weight excluding hydrogens is 704 g/mol. The van der Waals surface area contributed by atoms with Gasteiger partial charge in [0.2, 0.25) is 0 Å². The zero-order valence-corrected chi connectivity index (χ0v) is 25.5. The Morgan fingerprint density at radius 2 is 1.42 bits per heavy atom. The molecule has 1 atom stereocenters. The van der Waals surface area contributed by atoms with Crippen LogP contribution in [0, 0.1) is 11.6 Å². The normalized spacial score (nSPS) is 13.5. The summed E-state index contributed by atoms with van der Waals surface area (Å²) < 4.78 is 167. The number of rotatable bonds is 15. The molecule has 2 amide bonds. The molecule has 0 radical (unpaired) electrons. The van der Waals surface area contributed by atoms with Crippen molar-refractivity contribution in [1.29, 1.82) is 0 Å². The van der Waals surface area contributed by atoms with Crippen LogP contribution in [0.3, 0.4) is 0 Å². The van der Waals surface area contributed by atoms with Gasteiger partial charge in [-0.3, -0.25) is 4.79 Å². The largest absolute Gasteiger partial charge is 0.481 e. The summed E-state index contributed by atoms with van der Waals surface area (Å²) in [7, 11) is 0. The van der Waals surface area contributed by atoms with E-state index in [4.69, 9.17) is 5.11 Å². The van der Waals surface area contributed by atoms with Crippen LogP contribution >= 0.6 is 0 Å². The molecule has 274 valence electrons. The predicted octanol–water partition coefficient (Wildman–Crippen LogP) is 8.76. The lowest BCUT2D eigenvalue weighted by Crippen LogP contribution is -2.53. The Morgan fingerprint density at radius 3 is 2.00 bits per heavy atom. The topological polar surface area (TPSA) is 87.7 Å². The molecule has 0 unspecified atom stereocenters. The van der Waals surface area contributed by atoms with E-state index in [0.29, 0.717) is 55.5 Å². The third kappa shape index (κ3) is 11.2. The summed E-state index contributed by atoms with van der Waals surface area (Å²) in [5.74, 6) is -5.59. The minimum absolute atomic E-state index is 0.0450. The maximum atomic E-state index is 15.0. The Kier molecular flexibility index (Phi) is 12.7. The molecule has 3 N–H and O–H groups in total. The van der Waals surface area contributed by atoms with Crippen molar-refractivity contribution in [3.05, 3.63) is 100 Å². The Morgan fingerprint density at radius 1 is 0.780 bits per heavy atom. The molecule has 18 heteroatoms. The van der Waals surface area contributed by atoms with Gasteiger partial charge in [0.1, 0.15) is 23.9 Å². The van der Waals surface area contributed by atoms with Crippen LogP contribution < -0.4 is 15.4 Å². The summed E-state index contributed by atoms with van der Waals surface area (Å²) in [6.45, 7) is -1.97. The molecule has 0 saturated carbocycles. The fraction of sp³-hybridized carbons (Fsp3) is 0.375. The van der Waals surface area contributed by atoms with Gasteiger partial charge in [-0.15, -0.1) is 0 Å². The van der Waals surface area contributed by atoms with Crippen LogP contribution in [0.4, 0.5) is 57.5 Å². The van der Waals surface area contributed by atoms with E-state index in [1.807, 2.05) is 5.32 Å². The average molecular weight is 733 g/mol. The van der Waals surface area contributed by atoms with Gasteiger partial charge in [0, 0.05) is 18.9 Å². The number of carbonyl (C=O) groups excluding carboxylic acids is 1. The molecular formula is C32H28F12N2O4. The van der Waals surface area contributed by atoms with E-state index < -0.39 is 89.5 Å². The molecule has 0 aliphatic rings. The Bertz CT molecular complexity index is 1630. The van der Waals surface area contributed by atoms with Crippen molar-refractivity contribution < 1.29 is 72.1 Å². The van der Waals surface area contributed by atoms with Crippen molar-refractivity contribution in [2.45, 2.75) is 69.0 Å². The highest BCUT2D eigenvalue weighted by atomic mass is 19.4. The highest BCUT2D eigenvalue weighted by Gasteiger charge is 2.45. The van der Waals surface area contributed by atoms with Gasteiger partial charge in [-0.05, 0) is 65.8 Å². The predicted molar refractivity (Wildman–Crippen MR) is 153 cm³/mol. The third-order valence-corrected chi connectivity index (χ3v) is 7.26. The number of halogens is 12. The number of hydrogen-bond acceptors (Lipinski definition) is 3. The van der Waals surface area contributed by atoms with Crippen LogP contribution in [0.1, 0.15) is 53.5 Å². The smallest absolute Gasteiger partial charge is 0.461 e. The number of aliphatic carboxylic acids is 1. The molecule has 50 heavy (non-hydrogen) atoms. The van der Waals surface area contributed by atoms with Gasteiger partial charge in [-0.25, -0.2) is 13.6 Å². The summed E-state index contributed by atoms with van der Waals surface area (Å²) in [5.41, 5.74) is -5.26. The lowest BCUT2D eigenvalue weighted by Gasteiger charge is -2.37. The monoisotopic (exact) mass is 732 g/mol. The number of ether oxygens (including phenoxy) is 1. The van der Waals surface area contributed by atoms with Gasteiger partial charge in [-0.1, -0.05) is 36.8 Å². The third-order valence-electron chi connectivity index (χ3n) is 7.26.